The largest absolute Gasteiger partial charge is 0.337 e. The predicted octanol–water partition coefficient (Wildman–Crippen LogP) is 2.70. The molecule has 2 fully saturated rings. The Bertz CT molecular complexity index is 501. The van der Waals surface area contributed by atoms with Gasteiger partial charge in [-0.3, -0.25) is 4.79 Å². The molecule has 0 radical (unpaired) electrons. The second-order valence-electron chi connectivity index (χ2n) is 6.86. The van der Waals surface area contributed by atoms with Gasteiger partial charge >= 0.3 is 0 Å². The topological polar surface area (TPSA) is 32.3 Å². The lowest BCUT2D eigenvalue weighted by Crippen LogP contribution is -2.31. The second-order valence-corrected chi connectivity index (χ2v) is 8.00. The predicted molar refractivity (Wildman–Crippen MR) is 85.9 cm³/mol. The molecule has 1 amide bonds. The van der Waals surface area contributed by atoms with E-state index in [2.05, 4.69) is 16.3 Å². The number of thiophene rings is 1. The molecule has 1 aromatic rings. The summed E-state index contributed by atoms with van der Waals surface area (Å²) in [5, 5.41) is 3.44. The number of hydrogen-bond donors (Lipinski definition) is 1. The number of amides is 1. The van der Waals surface area contributed by atoms with Crippen molar-refractivity contribution in [2.45, 2.75) is 38.5 Å². The molecule has 4 heteroatoms. The van der Waals surface area contributed by atoms with E-state index in [0.717, 1.165) is 31.1 Å². The molecule has 2 saturated heterocycles. The summed E-state index contributed by atoms with van der Waals surface area (Å²) in [5.41, 5.74) is 1.46. The Kier molecular flexibility index (Phi) is 3.76. The van der Waals surface area contributed by atoms with Crippen molar-refractivity contribution in [2.75, 3.05) is 26.2 Å². The van der Waals surface area contributed by atoms with Gasteiger partial charge in [0.05, 0.1) is 4.88 Å². The van der Waals surface area contributed by atoms with Crippen LogP contribution in [0.2, 0.25) is 0 Å². The fourth-order valence-electron chi connectivity index (χ4n) is 4.13. The summed E-state index contributed by atoms with van der Waals surface area (Å²) in [4.78, 5) is 17.4. The molecule has 0 unspecified atom stereocenters. The third kappa shape index (κ3) is 2.64. The van der Waals surface area contributed by atoms with Crippen molar-refractivity contribution in [1.82, 2.24) is 10.2 Å². The molecule has 0 saturated carbocycles. The monoisotopic (exact) mass is 304 g/mol. The summed E-state index contributed by atoms with van der Waals surface area (Å²) < 4.78 is 0. The average Bonchev–Trinajstić information content (AvgIpc) is 3.11. The molecule has 0 bridgehead atoms. The Hall–Kier alpha value is -0.870. The van der Waals surface area contributed by atoms with E-state index < -0.39 is 0 Å². The molecule has 1 aliphatic carbocycles. The normalized spacial score (nSPS) is 28.9. The minimum absolute atomic E-state index is 0.293. The van der Waals surface area contributed by atoms with Crippen LogP contribution < -0.4 is 5.32 Å². The first kappa shape index (κ1) is 13.8. The van der Waals surface area contributed by atoms with E-state index in [4.69, 9.17) is 0 Å². The maximum absolute atomic E-state index is 12.8. The van der Waals surface area contributed by atoms with E-state index in [1.807, 2.05) is 0 Å². The molecule has 3 aliphatic rings. The Labute approximate surface area is 130 Å². The van der Waals surface area contributed by atoms with Crippen molar-refractivity contribution in [3.8, 4) is 0 Å². The molecule has 2 atom stereocenters. The first-order chi connectivity index (χ1) is 10.3. The molecule has 1 aromatic heterocycles. The Morgan fingerprint density at radius 3 is 2.57 bits per heavy atom. The molecule has 4 rings (SSSR count). The lowest BCUT2D eigenvalue weighted by molar-refractivity contribution is 0.0786. The highest BCUT2D eigenvalue weighted by Gasteiger charge is 2.38. The van der Waals surface area contributed by atoms with Crippen molar-refractivity contribution < 1.29 is 4.79 Å². The molecular formula is C17H24N2OS. The van der Waals surface area contributed by atoms with Crippen LogP contribution in [0.3, 0.4) is 0 Å². The SMILES string of the molecule is O=C(c1cc2c(s1)CCCCCC2)N1C[C@H]2CNC[C@H]2C1. The summed E-state index contributed by atoms with van der Waals surface area (Å²) in [6, 6.07) is 2.21. The lowest BCUT2D eigenvalue weighted by atomic mass is 10.00. The van der Waals surface area contributed by atoms with Gasteiger partial charge in [-0.15, -0.1) is 11.3 Å². The highest BCUT2D eigenvalue weighted by molar-refractivity contribution is 7.14. The van der Waals surface area contributed by atoms with Crippen molar-refractivity contribution >= 4 is 17.2 Å². The number of carbonyl (C=O) groups is 1. The maximum atomic E-state index is 12.8. The van der Waals surface area contributed by atoms with Crippen LogP contribution in [0.15, 0.2) is 6.07 Å². The summed E-state index contributed by atoms with van der Waals surface area (Å²) in [7, 11) is 0. The third-order valence-electron chi connectivity index (χ3n) is 5.38. The van der Waals surface area contributed by atoms with Crippen molar-refractivity contribution in [3.05, 3.63) is 21.4 Å². The van der Waals surface area contributed by atoms with Crippen LogP contribution >= 0.6 is 11.3 Å². The zero-order chi connectivity index (χ0) is 14.2. The van der Waals surface area contributed by atoms with Gasteiger partial charge in [-0.25, -0.2) is 0 Å². The van der Waals surface area contributed by atoms with E-state index in [0.29, 0.717) is 17.7 Å². The van der Waals surface area contributed by atoms with Crippen LogP contribution in [-0.2, 0) is 12.8 Å². The quantitative estimate of drug-likeness (QED) is 0.865. The highest BCUT2D eigenvalue weighted by atomic mass is 32.1. The summed E-state index contributed by atoms with van der Waals surface area (Å²) in [5.74, 6) is 1.67. The number of nitrogens with one attached hydrogen (secondary N) is 1. The first-order valence-electron chi connectivity index (χ1n) is 8.43. The molecule has 3 nitrogen and oxygen atoms in total. The minimum Gasteiger partial charge on any atom is -0.337 e. The van der Waals surface area contributed by atoms with Crippen molar-refractivity contribution in [1.29, 1.82) is 0 Å². The van der Waals surface area contributed by atoms with Gasteiger partial charge in [0.25, 0.3) is 5.91 Å². The number of likely N-dealkylation sites (tertiary alicyclic amines) is 1. The first-order valence-corrected chi connectivity index (χ1v) is 9.24. The van der Waals surface area contributed by atoms with E-state index in [1.54, 1.807) is 11.3 Å². The summed E-state index contributed by atoms with van der Waals surface area (Å²) in [6.45, 7) is 4.10. The second kappa shape index (κ2) is 5.73. The molecule has 0 spiro atoms. The van der Waals surface area contributed by atoms with Gasteiger partial charge in [-0.2, -0.15) is 0 Å². The van der Waals surface area contributed by atoms with E-state index in [1.165, 1.54) is 49.0 Å². The molecule has 114 valence electrons. The molecule has 3 heterocycles. The van der Waals surface area contributed by atoms with Crippen LogP contribution in [0.1, 0.15) is 45.8 Å². The fraction of sp³-hybridized carbons (Fsp3) is 0.706. The summed E-state index contributed by atoms with van der Waals surface area (Å²) >= 11 is 1.77. The van der Waals surface area contributed by atoms with Gasteiger partial charge in [0.1, 0.15) is 0 Å². The molecule has 0 aromatic carbocycles. The van der Waals surface area contributed by atoms with Crippen LogP contribution in [0.4, 0.5) is 0 Å². The number of aryl methyl sites for hydroxylation is 2. The number of nitrogens with zero attached hydrogens (tertiary/aromatic N) is 1. The van der Waals surface area contributed by atoms with Crippen LogP contribution in [0.25, 0.3) is 0 Å². The molecule has 2 aliphatic heterocycles. The lowest BCUT2D eigenvalue weighted by Gasteiger charge is -2.16. The number of fused-ring (bicyclic) bond motifs is 2. The van der Waals surface area contributed by atoms with E-state index in [-0.39, 0.29) is 0 Å². The molecular weight excluding hydrogens is 280 g/mol. The van der Waals surface area contributed by atoms with Crippen LogP contribution in [0, 0.1) is 11.8 Å². The molecule has 21 heavy (non-hydrogen) atoms. The summed E-state index contributed by atoms with van der Waals surface area (Å²) in [6.07, 6.45) is 7.64. The van der Waals surface area contributed by atoms with E-state index in [9.17, 15) is 4.79 Å². The Morgan fingerprint density at radius 2 is 1.81 bits per heavy atom. The van der Waals surface area contributed by atoms with Gasteiger partial charge in [0.2, 0.25) is 0 Å². The van der Waals surface area contributed by atoms with Crippen LogP contribution in [-0.4, -0.2) is 37.0 Å². The van der Waals surface area contributed by atoms with Gasteiger partial charge in [0, 0.05) is 31.1 Å². The zero-order valence-electron chi connectivity index (χ0n) is 12.6. The minimum atomic E-state index is 0.293. The van der Waals surface area contributed by atoms with Crippen molar-refractivity contribution in [2.24, 2.45) is 11.8 Å². The molecule has 1 N–H and O–H groups in total. The van der Waals surface area contributed by atoms with Crippen molar-refractivity contribution in [3.63, 3.8) is 0 Å². The fourth-order valence-corrected chi connectivity index (χ4v) is 5.35. The zero-order valence-corrected chi connectivity index (χ0v) is 13.4. The van der Waals surface area contributed by atoms with Gasteiger partial charge < -0.3 is 10.2 Å². The highest BCUT2D eigenvalue weighted by Crippen LogP contribution is 2.32. The number of rotatable bonds is 1. The third-order valence-corrected chi connectivity index (χ3v) is 6.61. The standard InChI is InChI=1S/C17H24N2OS/c20-17(19-10-13-8-18-9-14(13)11-19)16-7-12-5-3-1-2-4-6-15(12)21-16/h7,13-14,18H,1-6,8-11H2/t13-,14+. The Balaban J connectivity index is 1.51. The van der Waals surface area contributed by atoms with Gasteiger partial charge in [-0.1, -0.05) is 12.8 Å². The number of hydrogen-bond acceptors (Lipinski definition) is 3. The Morgan fingerprint density at radius 1 is 1.10 bits per heavy atom. The average molecular weight is 304 g/mol. The van der Waals surface area contributed by atoms with Crippen LogP contribution in [0.5, 0.6) is 0 Å². The number of carbonyl (C=O) groups excluding carboxylic acids is 1. The van der Waals surface area contributed by atoms with Gasteiger partial charge in [-0.05, 0) is 49.1 Å². The van der Waals surface area contributed by atoms with E-state index >= 15 is 0 Å². The van der Waals surface area contributed by atoms with Gasteiger partial charge in [0.15, 0.2) is 0 Å². The smallest absolute Gasteiger partial charge is 0.263 e. The maximum Gasteiger partial charge on any atom is 0.263 e.